The quantitative estimate of drug-likeness (QED) is 0.749. The van der Waals surface area contributed by atoms with Crippen molar-refractivity contribution < 1.29 is 19.0 Å². The second kappa shape index (κ2) is 3.98. The van der Waals surface area contributed by atoms with Gasteiger partial charge in [-0.2, -0.15) is 5.26 Å². The van der Waals surface area contributed by atoms with E-state index in [9.17, 15) is 8.78 Å². The summed E-state index contributed by atoms with van der Waals surface area (Å²) in [5.41, 5.74) is -1.11. The predicted octanol–water partition coefficient (Wildman–Crippen LogP) is 1.09. The highest BCUT2D eigenvalue weighted by Crippen LogP contribution is 2.27. The smallest absolute Gasteiger partial charge is 0.284 e. The minimum absolute atomic E-state index is 0.116. The topological polar surface area (TPSA) is 77.1 Å². The van der Waals surface area contributed by atoms with Crippen molar-refractivity contribution in [3.8, 4) is 11.8 Å². The average molecular weight is 200 g/mol. The first-order valence-corrected chi connectivity index (χ1v) is 3.62. The fourth-order valence-electron chi connectivity index (χ4n) is 0.935. The molecule has 1 aromatic heterocycles. The minimum Gasteiger partial charge on any atom is -0.506 e. The highest BCUT2D eigenvalue weighted by molar-refractivity contribution is 5.41. The van der Waals surface area contributed by atoms with Gasteiger partial charge in [0.05, 0.1) is 17.9 Å². The van der Waals surface area contributed by atoms with E-state index in [1.807, 2.05) is 0 Å². The van der Waals surface area contributed by atoms with Crippen LogP contribution in [0.25, 0.3) is 0 Å². The first kappa shape index (κ1) is 10.3. The van der Waals surface area contributed by atoms with Gasteiger partial charge in [0.2, 0.25) is 0 Å². The third-order valence-corrected chi connectivity index (χ3v) is 1.59. The number of aliphatic hydroxyl groups is 1. The molecular formula is C8H6F2N2O2. The Morgan fingerprint density at radius 3 is 2.64 bits per heavy atom. The molecule has 74 valence electrons. The van der Waals surface area contributed by atoms with Gasteiger partial charge in [-0.05, 0) is 0 Å². The van der Waals surface area contributed by atoms with Crippen LogP contribution in [-0.2, 0) is 6.61 Å². The van der Waals surface area contributed by atoms with Crippen LogP contribution < -0.4 is 0 Å². The molecule has 4 nitrogen and oxygen atoms in total. The number of alkyl halides is 2. The first-order valence-electron chi connectivity index (χ1n) is 3.62. The van der Waals surface area contributed by atoms with Gasteiger partial charge in [0.1, 0.15) is 17.5 Å². The molecule has 0 saturated heterocycles. The molecule has 0 amide bonds. The van der Waals surface area contributed by atoms with Crippen molar-refractivity contribution in [2.45, 2.75) is 13.0 Å². The number of hydrogen-bond acceptors (Lipinski definition) is 4. The Morgan fingerprint density at radius 2 is 2.21 bits per heavy atom. The van der Waals surface area contributed by atoms with Crippen LogP contribution in [0.3, 0.4) is 0 Å². The zero-order valence-corrected chi connectivity index (χ0v) is 6.91. The standard InChI is InChI=1S/C8H6F2N2O2/c9-8(10)7-6(14)1-4(2-11)5(3-13)12-7/h1,8,13-14H,3H2. The largest absolute Gasteiger partial charge is 0.506 e. The van der Waals surface area contributed by atoms with E-state index >= 15 is 0 Å². The van der Waals surface area contributed by atoms with Crippen molar-refractivity contribution in [1.29, 1.82) is 5.26 Å². The lowest BCUT2D eigenvalue weighted by Gasteiger charge is -2.05. The fraction of sp³-hybridized carbons (Fsp3) is 0.250. The fourth-order valence-corrected chi connectivity index (χ4v) is 0.935. The summed E-state index contributed by atoms with van der Waals surface area (Å²) in [5, 5.41) is 26.2. The lowest BCUT2D eigenvalue weighted by molar-refractivity contribution is 0.141. The Labute approximate surface area is 78.1 Å². The zero-order chi connectivity index (χ0) is 10.7. The summed E-state index contributed by atoms with van der Waals surface area (Å²) in [7, 11) is 0. The Balaban J connectivity index is 3.32. The molecule has 0 aliphatic rings. The maximum absolute atomic E-state index is 12.2. The van der Waals surface area contributed by atoms with Crippen LogP contribution in [0.2, 0.25) is 0 Å². The highest BCUT2D eigenvalue weighted by Gasteiger charge is 2.17. The van der Waals surface area contributed by atoms with Crippen LogP contribution in [0.5, 0.6) is 5.75 Å². The third kappa shape index (κ3) is 1.78. The molecule has 0 spiro atoms. The van der Waals surface area contributed by atoms with E-state index in [1.54, 1.807) is 6.07 Å². The summed E-state index contributed by atoms with van der Waals surface area (Å²) in [4.78, 5) is 3.29. The summed E-state index contributed by atoms with van der Waals surface area (Å²) in [6.45, 7) is -0.622. The predicted molar refractivity (Wildman–Crippen MR) is 41.5 cm³/mol. The van der Waals surface area contributed by atoms with Crippen molar-refractivity contribution in [2.75, 3.05) is 0 Å². The van der Waals surface area contributed by atoms with Gasteiger partial charge < -0.3 is 10.2 Å². The van der Waals surface area contributed by atoms with Crippen LogP contribution in [0.1, 0.15) is 23.4 Å². The van der Waals surface area contributed by atoms with E-state index in [2.05, 4.69) is 4.98 Å². The van der Waals surface area contributed by atoms with E-state index in [-0.39, 0.29) is 11.3 Å². The molecule has 1 aromatic rings. The summed E-state index contributed by atoms with van der Waals surface area (Å²) in [5.74, 6) is -0.742. The molecule has 0 unspecified atom stereocenters. The number of halogens is 2. The average Bonchev–Trinajstić information content (AvgIpc) is 2.16. The van der Waals surface area contributed by atoms with Crippen LogP contribution in [0.15, 0.2) is 6.07 Å². The monoisotopic (exact) mass is 200 g/mol. The van der Waals surface area contributed by atoms with Gasteiger partial charge in [0, 0.05) is 6.07 Å². The minimum atomic E-state index is -2.94. The molecule has 0 fully saturated rings. The van der Waals surface area contributed by atoms with Gasteiger partial charge in [0.25, 0.3) is 6.43 Å². The van der Waals surface area contributed by atoms with Crippen LogP contribution in [0.4, 0.5) is 8.78 Å². The maximum Gasteiger partial charge on any atom is 0.284 e. The van der Waals surface area contributed by atoms with Crippen molar-refractivity contribution >= 4 is 0 Å². The third-order valence-electron chi connectivity index (χ3n) is 1.59. The molecule has 0 aliphatic heterocycles. The normalized spacial score (nSPS) is 10.2. The van der Waals surface area contributed by atoms with Crippen molar-refractivity contribution in [2.24, 2.45) is 0 Å². The first-order chi connectivity index (χ1) is 6.60. The number of nitrogens with zero attached hydrogens (tertiary/aromatic N) is 2. The summed E-state index contributed by atoms with van der Waals surface area (Å²) in [6.07, 6.45) is -2.94. The van der Waals surface area contributed by atoms with Gasteiger partial charge in [-0.15, -0.1) is 0 Å². The maximum atomic E-state index is 12.2. The number of rotatable bonds is 2. The second-order valence-corrected chi connectivity index (χ2v) is 2.46. The summed E-state index contributed by atoms with van der Waals surface area (Å²) < 4.78 is 24.4. The SMILES string of the molecule is N#Cc1cc(O)c(C(F)F)nc1CO. The van der Waals surface area contributed by atoms with Gasteiger partial charge in [-0.25, -0.2) is 13.8 Å². The molecule has 1 heterocycles. The molecule has 14 heavy (non-hydrogen) atoms. The molecular weight excluding hydrogens is 194 g/mol. The Kier molecular flexibility index (Phi) is 2.94. The Bertz CT molecular complexity index is 387. The van der Waals surface area contributed by atoms with Crippen molar-refractivity contribution in [3.63, 3.8) is 0 Å². The molecule has 6 heteroatoms. The zero-order valence-electron chi connectivity index (χ0n) is 6.91. The van der Waals surface area contributed by atoms with E-state index < -0.39 is 24.5 Å². The van der Waals surface area contributed by atoms with E-state index in [0.717, 1.165) is 6.07 Å². The highest BCUT2D eigenvalue weighted by atomic mass is 19.3. The van der Waals surface area contributed by atoms with Gasteiger partial charge in [-0.1, -0.05) is 0 Å². The summed E-state index contributed by atoms with van der Waals surface area (Å²) >= 11 is 0. The number of aromatic hydroxyl groups is 1. The lowest BCUT2D eigenvalue weighted by atomic mass is 10.2. The number of aromatic nitrogens is 1. The molecule has 0 atom stereocenters. The van der Waals surface area contributed by atoms with Crippen molar-refractivity contribution in [3.05, 3.63) is 23.0 Å². The summed E-state index contributed by atoms with van der Waals surface area (Å²) in [6, 6.07) is 2.49. The van der Waals surface area contributed by atoms with E-state index in [1.165, 1.54) is 0 Å². The second-order valence-electron chi connectivity index (χ2n) is 2.46. The molecule has 0 aromatic carbocycles. The van der Waals surface area contributed by atoms with Crippen LogP contribution in [0, 0.1) is 11.3 Å². The van der Waals surface area contributed by atoms with Crippen LogP contribution >= 0.6 is 0 Å². The van der Waals surface area contributed by atoms with Crippen molar-refractivity contribution in [1.82, 2.24) is 4.98 Å². The number of nitriles is 1. The van der Waals surface area contributed by atoms with Crippen LogP contribution in [-0.4, -0.2) is 15.2 Å². The molecule has 0 radical (unpaired) electrons. The number of hydrogen-bond donors (Lipinski definition) is 2. The molecule has 0 aliphatic carbocycles. The Hall–Kier alpha value is -1.74. The molecule has 0 bridgehead atoms. The molecule has 0 saturated carbocycles. The van der Waals surface area contributed by atoms with Gasteiger partial charge >= 0.3 is 0 Å². The number of pyridine rings is 1. The van der Waals surface area contributed by atoms with E-state index in [4.69, 9.17) is 15.5 Å². The van der Waals surface area contributed by atoms with Gasteiger partial charge in [-0.3, -0.25) is 0 Å². The van der Waals surface area contributed by atoms with Gasteiger partial charge in [0.15, 0.2) is 0 Å². The molecule has 1 rings (SSSR count). The lowest BCUT2D eigenvalue weighted by Crippen LogP contribution is -2.00. The van der Waals surface area contributed by atoms with E-state index in [0.29, 0.717) is 0 Å². The number of aliphatic hydroxyl groups excluding tert-OH is 1. The Morgan fingerprint density at radius 1 is 1.57 bits per heavy atom. The molecule has 2 N–H and O–H groups in total.